The third-order valence-electron chi connectivity index (χ3n) is 13.7. The van der Waals surface area contributed by atoms with E-state index in [0.717, 1.165) is 5.56 Å². The molecule has 2 bridgehead atoms. The minimum atomic E-state index is -1.76. The zero-order chi connectivity index (χ0) is 45.7. The molecule has 5 heterocycles. The summed E-state index contributed by atoms with van der Waals surface area (Å²) in [5.74, 6) is -3.25. The largest absolute Gasteiger partial charge is 0.493 e. The van der Waals surface area contributed by atoms with Gasteiger partial charge in [0.1, 0.15) is 30.0 Å². The molecular formula is C47H76N2O13. The molecule has 1 aromatic rings. The quantitative estimate of drug-likeness (QED) is 0.272. The first-order valence-electron chi connectivity index (χ1n) is 22.5. The fraction of sp³-hybridized carbons (Fsp3) is 0.787. The second kappa shape index (κ2) is 21.1. The number of fused-ring (bicyclic) bond motifs is 14. The molecule has 0 aliphatic carbocycles. The van der Waals surface area contributed by atoms with Gasteiger partial charge in [0.15, 0.2) is 12.6 Å². The summed E-state index contributed by atoms with van der Waals surface area (Å²) in [6.07, 6.45) is -3.95. The molecule has 352 valence electrons. The van der Waals surface area contributed by atoms with Crippen molar-refractivity contribution in [3.8, 4) is 0 Å². The van der Waals surface area contributed by atoms with E-state index in [-0.39, 0.29) is 43.9 Å². The Morgan fingerprint density at radius 3 is 2.29 bits per heavy atom. The Labute approximate surface area is 369 Å². The van der Waals surface area contributed by atoms with Crippen molar-refractivity contribution in [2.24, 2.45) is 17.8 Å². The topological polar surface area (TPSA) is 173 Å². The minimum absolute atomic E-state index is 0.0407. The van der Waals surface area contributed by atoms with Crippen LogP contribution in [-0.2, 0) is 58.8 Å². The lowest BCUT2D eigenvalue weighted by atomic mass is 9.77. The average Bonchev–Trinajstić information content (AvgIpc) is 3.21. The molecule has 62 heavy (non-hydrogen) atoms. The Morgan fingerprint density at radius 1 is 0.952 bits per heavy atom. The van der Waals surface area contributed by atoms with E-state index in [1.54, 1.807) is 34.0 Å². The van der Waals surface area contributed by atoms with Crippen LogP contribution >= 0.6 is 0 Å². The Balaban J connectivity index is 1.62. The highest BCUT2D eigenvalue weighted by Gasteiger charge is 2.54. The lowest BCUT2D eigenvalue weighted by Crippen LogP contribution is -2.61. The zero-order valence-electron chi connectivity index (χ0n) is 39.3. The first-order chi connectivity index (χ1) is 29.1. The number of nitrogens with one attached hydrogen (secondary N) is 1. The maximum atomic E-state index is 14.7. The van der Waals surface area contributed by atoms with E-state index in [9.17, 15) is 19.8 Å². The van der Waals surface area contributed by atoms with Crippen molar-refractivity contribution in [1.82, 2.24) is 10.2 Å². The second-order valence-electron chi connectivity index (χ2n) is 19.1. The van der Waals surface area contributed by atoms with Gasteiger partial charge in [-0.1, -0.05) is 51.1 Å². The summed E-state index contributed by atoms with van der Waals surface area (Å²) in [4.78, 5) is 30.7. The molecule has 3 saturated heterocycles. The van der Waals surface area contributed by atoms with Crippen molar-refractivity contribution < 1.29 is 62.4 Å². The molecule has 0 spiro atoms. The van der Waals surface area contributed by atoms with Crippen LogP contribution in [0.2, 0.25) is 0 Å². The lowest BCUT2D eigenvalue weighted by molar-refractivity contribution is -0.323. The van der Waals surface area contributed by atoms with Crippen LogP contribution in [0.1, 0.15) is 100 Å². The number of ether oxygens (including phenoxy) is 9. The van der Waals surface area contributed by atoms with E-state index in [1.807, 2.05) is 97.8 Å². The first kappa shape index (κ1) is 50.3. The van der Waals surface area contributed by atoms with Gasteiger partial charge in [0.25, 0.3) is 0 Å². The van der Waals surface area contributed by atoms with E-state index in [4.69, 9.17) is 42.6 Å². The fourth-order valence-electron chi connectivity index (χ4n) is 10.1. The number of aliphatic hydroxyl groups excluding tert-OH is 1. The van der Waals surface area contributed by atoms with Gasteiger partial charge in [-0.05, 0) is 93.5 Å². The molecule has 5 aliphatic rings. The molecule has 0 saturated carbocycles. The molecule has 15 nitrogen and oxygen atoms in total. The number of carbonyl (C=O) groups is 2. The first-order valence-corrected chi connectivity index (χ1v) is 22.5. The maximum absolute atomic E-state index is 14.7. The molecule has 18 atom stereocenters. The van der Waals surface area contributed by atoms with Crippen molar-refractivity contribution in [1.29, 1.82) is 0 Å². The van der Waals surface area contributed by atoms with Crippen molar-refractivity contribution >= 4 is 11.9 Å². The average molecular weight is 877 g/mol. The van der Waals surface area contributed by atoms with Gasteiger partial charge in [-0.15, -0.1) is 0 Å². The number of rotatable bonds is 10. The van der Waals surface area contributed by atoms with E-state index in [2.05, 4.69) is 5.32 Å². The number of hydrogen-bond donors (Lipinski definition) is 3. The lowest BCUT2D eigenvalue weighted by Gasteiger charge is -2.50. The van der Waals surface area contributed by atoms with Crippen molar-refractivity contribution in [2.45, 2.75) is 192 Å². The van der Waals surface area contributed by atoms with Crippen molar-refractivity contribution in [3.63, 3.8) is 0 Å². The molecule has 2 unspecified atom stereocenters. The Kier molecular flexibility index (Phi) is 17.1. The minimum Gasteiger partial charge on any atom is -0.493 e. The van der Waals surface area contributed by atoms with E-state index in [1.165, 1.54) is 6.26 Å². The summed E-state index contributed by atoms with van der Waals surface area (Å²) in [6, 6.07) is 8.89. The number of carbonyl (C=O) groups excluding carboxylic acids is 2. The summed E-state index contributed by atoms with van der Waals surface area (Å²) in [5, 5.41) is 27.1. The highest BCUT2D eigenvalue weighted by molar-refractivity contribution is 5.78. The molecule has 0 radical (unpaired) electrons. The predicted molar refractivity (Wildman–Crippen MR) is 230 cm³/mol. The van der Waals surface area contributed by atoms with Crippen LogP contribution in [0, 0.1) is 17.8 Å². The molecule has 6 rings (SSSR count). The van der Waals surface area contributed by atoms with E-state index < -0.39 is 102 Å². The summed E-state index contributed by atoms with van der Waals surface area (Å²) in [7, 11) is 5.45. The summed E-state index contributed by atoms with van der Waals surface area (Å²) >= 11 is 0. The monoisotopic (exact) mass is 877 g/mol. The van der Waals surface area contributed by atoms with Crippen LogP contribution in [0.4, 0.5) is 0 Å². The highest BCUT2D eigenvalue weighted by atomic mass is 16.7. The van der Waals surface area contributed by atoms with Crippen LogP contribution in [0.15, 0.2) is 42.7 Å². The number of likely N-dealkylation sites (N-methyl/N-ethyl adjacent to an activating group) is 1. The molecule has 3 N–H and O–H groups in total. The normalized spacial score (nSPS) is 44.4. The Morgan fingerprint density at radius 2 is 1.65 bits per heavy atom. The van der Waals surface area contributed by atoms with Crippen LogP contribution in [-0.4, -0.2) is 145 Å². The third kappa shape index (κ3) is 11.4. The van der Waals surface area contributed by atoms with Gasteiger partial charge in [0, 0.05) is 31.4 Å². The van der Waals surface area contributed by atoms with E-state index in [0.29, 0.717) is 13.0 Å². The number of esters is 1. The summed E-state index contributed by atoms with van der Waals surface area (Å²) in [6.45, 7) is 18.6. The van der Waals surface area contributed by atoms with Gasteiger partial charge in [-0.25, -0.2) is 0 Å². The number of benzene rings is 1. The van der Waals surface area contributed by atoms with Crippen LogP contribution in [0.5, 0.6) is 0 Å². The summed E-state index contributed by atoms with van der Waals surface area (Å²) in [5.41, 5.74) is -2.88. The molecule has 1 aromatic carbocycles. The maximum Gasteiger partial charge on any atom is 0.311 e. The van der Waals surface area contributed by atoms with Crippen LogP contribution in [0.25, 0.3) is 0 Å². The zero-order valence-corrected chi connectivity index (χ0v) is 39.3. The predicted octanol–water partition coefficient (Wildman–Crippen LogP) is 4.89. The summed E-state index contributed by atoms with van der Waals surface area (Å²) < 4.78 is 59.0. The van der Waals surface area contributed by atoms with Crippen LogP contribution in [0.3, 0.4) is 0 Å². The van der Waals surface area contributed by atoms with Crippen molar-refractivity contribution in [2.75, 3.05) is 27.8 Å². The number of nitrogens with zero attached hydrogens (tertiary/aromatic N) is 1. The smallest absolute Gasteiger partial charge is 0.311 e. The standard InChI is InChI=1S/C47H76N2O13/c1-14-35-47(10,53)40-31(6)48-42(51)27(2)24-46(9,57-22-18-21-55-40)39(62-44-37(50)34(49(11)12)23-28(3)58-44)29(4)38(30(5)43(52)60-35)61-36-25-45(8,54-13)41(32(7)59-36)56-26-33-19-16-15-17-20-33/h15-21,27-32,34-41,44,50,53H,14,22-26H2,1-13H3,(H,48,51)/b21-18+/t27-,28-,29+,30?,31-,32+,34+,35-,36+,37-,38?,39-,40+,41+,44+,45-,46-,47-/m1/s1. The molecular weight excluding hydrogens is 801 g/mol. The number of methoxy groups -OCH3 is 1. The fourth-order valence-corrected chi connectivity index (χ4v) is 10.1. The van der Waals surface area contributed by atoms with Crippen molar-refractivity contribution in [3.05, 3.63) is 48.2 Å². The van der Waals surface area contributed by atoms with Gasteiger partial charge >= 0.3 is 5.97 Å². The van der Waals surface area contributed by atoms with Crippen LogP contribution < -0.4 is 5.32 Å². The van der Waals surface area contributed by atoms with Gasteiger partial charge in [0.2, 0.25) is 5.91 Å². The molecule has 3 fully saturated rings. The molecule has 0 aromatic heterocycles. The van der Waals surface area contributed by atoms with Gasteiger partial charge in [-0.3, -0.25) is 9.59 Å². The van der Waals surface area contributed by atoms with Gasteiger partial charge in [-0.2, -0.15) is 0 Å². The molecule has 1 amide bonds. The molecule has 15 heteroatoms. The Bertz CT molecular complexity index is 1630. The second-order valence-corrected chi connectivity index (χ2v) is 19.1. The SMILES string of the molecule is CC[C@H]1OC(=O)C(C)C(O[C@H]2C[C@@](C)(OC)[C@@H](OCc3ccccc3)[C@H](C)O2)[C@H](C)[C@@H](O[C@@H]2O[C@H](C)C[C@H](N(C)C)[C@H]2O)[C@@]2(C)C[C@@H](C)C(=O)N[C@H](C)[C@H](O/C=C/CO2)[C@]1(C)O. The third-order valence-corrected chi connectivity index (χ3v) is 13.7. The Hall–Kier alpha value is -2.70. The van der Waals surface area contributed by atoms with Gasteiger partial charge < -0.3 is 63.1 Å². The highest BCUT2D eigenvalue weighted by Crippen LogP contribution is 2.42. The molecule has 5 aliphatic heterocycles. The van der Waals surface area contributed by atoms with E-state index >= 15 is 0 Å². The van der Waals surface area contributed by atoms with Gasteiger partial charge in [0.05, 0.1) is 67.1 Å². The number of amides is 1. The number of hydrogen-bond acceptors (Lipinski definition) is 14. The number of aliphatic hydroxyl groups is 2.